The molecule has 1 aromatic heterocycles. The number of hydrogen-bond acceptors (Lipinski definition) is 3. The maximum absolute atomic E-state index is 5.11. The van der Waals surface area contributed by atoms with Gasteiger partial charge in [-0.05, 0) is 39.7 Å². The minimum atomic E-state index is 0.766. The van der Waals surface area contributed by atoms with Crippen molar-refractivity contribution in [1.82, 2.24) is 4.98 Å². The van der Waals surface area contributed by atoms with Gasteiger partial charge in [-0.3, -0.25) is 4.98 Å². The molecule has 17 heavy (non-hydrogen) atoms. The average molecular weight is 293 g/mol. The number of anilines is 1. The van der Waals surface area contributed by atoms with E-state index < -0.39 is 0 Å². The average Bonchev–Trinajstić information content (AvgIpc) is 2.37. The quantitative estimate of drug-likeness (QED) is 0.937. The van der Waals surface area contributed by atoms with Gasteiger partial charge in [0.15, 0.2) is 0 Å². The molecule has 0 saturated carbocycles. The Labute approximate surface area is 109 Å². The first-order chi connectivity index (χ1) is 8.28. The lowest BCUT2D eigenvalue weighted by Gasteiger charge is -2.07. The highest BCUT2D eigenvalue weighted by Crippen LogP contribution is 2.16. The summed E-state index contributed by atoms with van der Waals surface area (Å²) >= 11 is 3.39. The summed E-state index contributed by atoms with van der Waals surface area (Å²) in [5.74, 6) is 0.873. The SMILES string of the molecule is COc1ccc(CNc2cncc(Br)c2)cc1. The van der Waals surface area contributed by atoms with Gasteiger partial charge in [-0.2, -0.15) is 0 Å². The third-order valence-corrected chi connectivity index (χ3v) is 2.79. The molecule has 1 N–H and O–H groups in total. The van der Waals surface area contributed by atoms with Gasteiger partial charge >= 0.3 is 0 Å². The van der Waals surface area contributed by atoms with Crippen molar-refractivity contribution in [2.24, 2.45) is 0 Å². The van der Waals surface area contributed by atoms with Crippen LogP contribution < -0.4 is 10.1 Å². The zero-order chi connectivity index (χ0) is 12.1. The van der Waals surface area contributed by atoms with Gasteiger partial charge in [-0.25, -0.2) is 0 Å². The molecule has 88 valence electrons. The minimum absolute atomic E-state index is 0.766. The van der Waals surface area contributed by atoms with Crippen LogP contribution in [-0.2, 0) is 6.54 Å². The Morgan fingerprint density at radius 3 is 2.65 bits per heavy atom. The Hall–Kier alpha value is -1.55. The van der Waals surface area contributed by atoms with E-state index in [1.54, 1.807) is 19.5 Å². The molecule has 0 aliphatic carbocycles. The molecule has 0 atom stereocenters. The van der Waals surface area contributed by atoms with E-state index in [9.17, 15) is 0 Å². The second kappa shape index (κ2) is 5.68. The van der Waals surface area contributed by atoms with Crippen LogP contribution in [0.3, 0.4) is 0 Å². The molecule has 0 fully saturated rings. The van der Waals surface area contributed by atoms with E-state index in [4.69, 9.17) is 4.74 Å². The molecule has 3 nitrogen and oxygen atoms in total. The van der Waals surface area contributed by atoms with Gasteiger partial charge in [0.05, 0.1) is 19.0 Å². The molecule has 0 spiro atoms. The van der Waals surface area contributed by atoms with Crippen LogP contribution in [-0.4, -0.2) is 12.1 Å². The number of aromatic nitrogens is 1. The van der Waals surface area contributed by atoms with Crippen molar-refractivity contribution in [1.29, 1.82) is 0 Å². The van der Waals surface area contributed by atoms with E-state index in [-0.39, 0.29) is 0 Å². The predicted molar refractivity (Wildman–Crippen MR) is 72.3 cm³/mol. The molecule has 2 aromatic rings. The summed E-state index contributed by atoms with van der Waals surface area (Å²) in [6, 6.07) is 9.98. The number of methoxy groups -OCH3 is 1. The molecule has 0 amide bonds. The number of halogens is 1. The highest BCUT2D eigenvalue weighted by Gasteiger charge is 1.96. The summed E-state index contributed by atoms with van der Waals surface area (Å²) in [4.78, 5) is 4.09. The molecule has 1 aromatic carbocycles. The number of ether oxygens (including phenoxy) is 1. The lowest BCUT2D eigenvalue weighted by Crippen LogP contribution is -1.99. The van der Waals surface area contributed by atoms with Crippen molar-refractivity contribution in [3.05, 3.63) is 52.8 Å². The Morgan fingerprint density at radius 2 is 2.00 bits per heavy atom. The van der Waals surface area contributed by atoms with E-state index in [1.807, 2.05) is 30.3 Å². The maximum atomic E-state index is 5.11. The van der Waals surface area contributed by atoms with Crippen molar-refractivity contribution < 1.29 is 4.74 Å². The van der Waals surface area contributed by atoms with E-state index in [0.29, 0.717) is 0 Å². The molecule has 1 heterocycles. The molecule has 0 radical (unpaired) electrons. The number of nitrogens with zero attached hydrogens (tertiary/aromatic N) is 1. The standard InChI is InChI=1S/C13H13BrN2O/c1-17-13-4-2-10(3-5-13)7-16-12-6-11(14)8-15-9-12/h2-6,8-9,16H,7H2,1H3. The molecular weight excluding hydrogens is 280 g/mol. The van der Waals surface area contributed by atoms with Crippen molar-refractivity contribution in [2.75, 3.05) is 12.4 Å². The van der Waals surface area contributed by atoms with Crippen LogP contribution in [0.1, 0.15) is 5.56 Å². The summed E-state index contributed by atoms with van der Waals surface area (Å²) in [6.45, 7) is 0.766. The van der Waals surface area contributed by atoms with Gasteiger partial charge in [0.1, 0.15) is 5.75 Å². The highest BCUT2D eigenvalue weighted by molar-refractivity contribution is 9.10. The molecule has 4 heteroatoms. The van der Waals surface area contributed by atoms with Gasteiger partial charge in [0, 0.05) is 17.2 Å². The monoisotopic (exact) mass is 292 g/mol. The van der Waals surface area contributed by atoms with Crippen LogP contribution >= 0.6 is 15.9 Å². The van der Waals surface area contributed by atoms with Crippen LogP contribution in [0.25, 0.3) is 0 Å². The fraction of sp³-hybridized carbons (Fsp3) is 0.154. The van der Waals surface area contributed by atoms with Crippen LogP contribution in [0, 0.1) is 0 Å². The van der Waals surface area contributed by atoms with Gasteiger partial charge in [-0.15, -0.1) is 0 Å². The molecule has 0 saturated heterocycles. The largest absolute Gasteiger partial charge is 0.497 e. The van der Waals surface area contributed by atoms with E-state index in [1.165, 1.54) is 5.56 Å². The van der Waals surface area contributed by atoms with Crippen LogP contribution in [0.5, 0.6) is 5.75 Å². The van der Waals surface area contributed by atoms with Gasteiger partial charge in [-0.1, -0.05) is 12.1 Å². The molecular formula is C13H13BrN2O. The smallest absolute Gasteiger partial charge is 0.118 e. The normalized spacial score (nSPS) is 10.0. The fourth-order valence-corrected chi connectivity index (χ4v) is 1.82. The molecule has 0 aliphatic rings. The maximum Gasteiger partial charge on any atom is 0.118 e. The molecule has 2 rings (SSSR count). The van der Waals surface area contributed by atoms with Gasteiger partial charge in [0.25, 0.3) is 0 Å². The van der Waals surface area contributed by atoms with Crippen LogP contribution in [0.4, 0.5) is 5.69 Å². The predicted octanol–water partition coefficient (Wildman–Crippen LogP) is 3.46. The lowest BCUT2D eigenvalue weighted by molar-refractivity contribution is 0.414. The van der Waals surface area contributed by atoms with E-state index in [2.05, 4.69) is 26.2 Å². The van der Waals surface area contributed by atoms with Crippen molar-refractivity contribution in [3.8, 4) is 5.75 Å². The fourth-order valence-electron chi connectivity index (χ4n) is 1.46. The number of pyridine rings is 1. The molecule has 0 bridgehead atoms. The topological polar surface area (TPSA) is 34.1 Å². The zero-order valence-electron chi connectivity index (χ0n) is 9.48. The minimum Gasteiger partial charge on any atom is -0.497 e. The number of rotatable bonds is 4. The first-order valence-electron chi connectivity index (χ1n) is 5.25. The summed E-state index contributed by atoms with van der Waals surface area (Å²) in [5.41, 5.74) is 2.20. The third-order valence-electron chi connectivity index (χ3n) is 2.36. The van der Waals surface area contributed by atoms with E-state index in [0.717, 1.165) is 22.5 Å². The lowest BCUT2D eigenvalue weighted by atomic mass is 10.2. The number of nitrogens with one attached hydrogen (secondary N) is 1. The second-order valence-corrected chi connectivity index (χ2v) is 4.51. The first-order valence-corrected chi connectivity index (χ1v) is 6.04. The molecule has 0 unspecified atom stereocenters. The van der Waals surface area contributed by atoms with Crippen molar-refractivity contribution in [2.45, 2.75) is 6.54 Å². The second-order valence-electron chi connectivity index (χ2n) is 3.59. The summed E-state index contributed by atoms with van der Waals surface area (Å²) < 4.78 is 6.08. The van der Waals surface area contributed by atoms with Crippen LogP contribution in [0.2, 0.25) is 0 Å². The highest BCUT2D eigenvalue weighted by atomic mass is 79.9. The Balaban J connectivity index is 1.97. The number of benzene rings is 1. The Morgan fingerprint density at radius 1 is 1.24 bits per heavy atom. The third kappa shape index (κ3) is 3.46. The van der Waals surface area contributed by atoms with Gasteiger partial charge < -0.3 is 10.1 Å². The summed E-state index contributed by atoms with van der Waals surface area (Å²) in [6.07, 6.45) is 3.56. The Bertz CT molecular complexity index is 485. The number of hydrogen-bond donors (Lipinski definition) is 1. The van der Waals surface area contributed by atoms with E-state index >= 15 is 0 Å². The van der Waals surface area contributed by atoms with Crippen molar-refractivity contribution >= 4 is 21.6 Å². The van der Waals surface area contributed by atoms with Crippen LogP contribution in [0.15, 0.2) is 47.2 Å². The Kier molecular flexibility index (Phi) is 3.98. The molecule has 0 aliphatic heterocycles. The van der Waals surface area contributed by atoms with Crippen molar-refractivity contribution in [3.63, 3.8) is 0 Å². The van der Waals surface area contributed by atoms with Gasteiger partial charge in [0.2, 0.25) is 0 Å². The first kappa shape index (κ1) is 11.9. The summed E-state index contributed by atoms with van der Waals surface area (Å²) in [7, 11) is 1.67. The zero-order valence-corrected chi connectivity index (χ0v) is 11.1. The summed E-state index contributed by atoms with van der Waals surface area (Å²) in [5, 5.41) is 3.31.